The number of nitroso groups, excluding NO2 is 1. The van der Waals surface area contributed by atoms with Gasteiger partial charge in [0, 0.05) is 13.2 Å². The van der Waals surface area contributed by atoms with Gasteiger partial charge in [0.1, 0.15) is 0 Å². The van der Waals surface area contributed by atoms with Crippen LogP contribution in [0.15, 0.2) is 5.18 Å². The fraction of sp³-hybridized carbons (Fsp3) is 1.00. The highest BCUT2D eigenvalue weighted by atomic mass is 16.5. The van der Waals surface area contributed by atoms with Gasteiger partial charge in [-0.25, -0.2) is 0 Å². The van der Waals surface area contributed by atoms with Gasteiger partial charge in [0.05, 0.1) is 11.1 Å². The van der Waals surface area contributed by atoms with Gasteiger partial charge in [0.25, 0.3) is 0 Å². The fourth-order valence-corrected chi connectivity index (χ4v) is 0.964. The van der Waals surface area contributed by atoms with Crippen LogP contribution >= 0.6 is 0 Å². The summed E-state index contributed by atoms with van der Waals surface area (Å²) in [6.45, 7) is 8.01. The van der Waals surface area contributed by atoms with Gasteiger partial charge in [0.2, 0.25) is 0 Å². The molecule has 0 radical (unpaired) electrons. The molecule has 0 aromatic carbocycles. The van der Waals surface area contributed by atoms with Crippen LogP contribution in [0.2, 0.25) is 0 Å². The van der Waals surface area contributed by atoms with Crippen molar-refractivity contribution in [3.8, 4) is 0 Å². The van der Waals surface area contributed by atoms with Crippen LogP contribution in [0.25, 0.3) is 0 Å². The van der Waals surface area contributed by atoms with Crippen molar-refractivity contribution in [1.29, 1.82) is 0 Å². The highest BCUT2D eigenvalue weighted by molar-refractivity contribution is 4.77. The summed E-state index contributed by atoms with van der Waals surface area (Å²) in [5.41, 5.74) is -0.886. The molecule has 0 bridgehead atoms. The quantitative estimate of drug-likeness (QED) is 0.644. The number of aliphatic hydroxyl groups excluding tert-OH is 1. The predicted octanol–water partition coefficient (Wildman–Crippen LogP) is 2.10. The molecule has 1 N–H and O–H groups in total. The number of ether oxygens (including phenoxy) is 1. The molecule has 4 heteroatoms. The smallest absolute Gasteiger partial charge is 0.0992 e. The summed E-state index contributed by atoms with van der Waals surface area (Å²) >= 11 is 0. The Bertz CT molecular complexity index is 178. The Labute approximate surface area is 85.6 Å². The molecule has 14 heavy (non-hydrogen) atoms. The molecule has 0 aromatic heterocycles. The molecule has 0 saturated carbocycles. The largest absolute Gasteiger partial charge is 0.396 e. The third-order valence-electron chi connectivity index (χ3n) is 2.17. The second-order valence-electron chi connectivity index (χ2n) is 4.74. The maximum absolute atomic E-state index is 10.4. The normalized spacial score (nSPS) is 12.9. The summed E-state index contributed by atoms with van der Waals surface area (Å²) in [7, 11) is 0. The van der Waals surface area contributed by atoms with Gasteiger partial charge in [-0.05, 0) is 40.5 Å². The monoisotopic (exact) mass is 203 g/mol. The maximum atomic E-state index is 10.4. The van der Waals surface area contributed by atoms with Crippen LogP contribution in [-0.2, 0) is 4.74 Å². The molecule has 0 saturated heterocycles. The number of aliphatic hydroxyl groups is 1. The summed E-state index contributed by atoms with van der Waals surface area (Å²) in [6, 6.07) is 0. The first-order valence-corrected chi connectivity index (χ1v) is 4.92. The fourth-order valence-electron chi connectivity index (χ4n) is 0.964. The van der Waals surface area contributed by atoms with Gasteiger partial charge in [0.15, 0.2) is 0 Å². The Kier molecular flexibility index (Phi) is 5.23. The van der Waals surface area contributed by atoms with E-state index < -0.39 is 5.54 Å². The first-order chi connectivity index (χ1) is 6.33. The Hall–Kier alpha value is -0.480. The van der Waals surface area contributed by atoms with Gasteiger partial charge < -0.3 is 9.84 Å². The number of nitrogens with zero attached hydrogens (tertiary/aromatic N) is 1. The molecular formula is C10H21NO3. The molecule has 0 unspecified atom stereocenters. The van der Waals surface area contributed by atoms with E-state index in [9.17, 15) is 4.91 Å². The minimum Gasteiger partial charge on any atom is -0.396 e. The molecule has 0 aliphatic carbocycles. The lowest BCUT2D eigenvalue weighted by molar-refractivity contribution is -0.0376. The summed E-state index contributed by atoms with van der Waals surface area (Å²) in [5, 5.41) is 11.8. The van der Waals surface area contributed by atoms with E-state index in [0.717, 1.165) is 0 Å². The molecule has 0 spiro atoms. The van der Waals surface area contributed by atoms with Crippen LogP contribution in [0.5, 0.6) is 0 Å². The molecule has 0 heterocycles. The van der Waals surface area contributed by atoms with Crippen LogP contribution in [0.3, 0.4) is 0 Å². The lowest BCUT2D eigenvalue weighted by Gasteiger charge is -2.26. The second-order valence-corrected chi connectivity index (χ2v) is 4.74. The van der Waals surface area contributed by atoms with Crippen LogP contribution in [-0.4, -0.2) is 29.5 Å². The van der Waals surface area contributed by atoms with Gasteiger partial charge in [-0.15, -0.1) is 0 Å². The summed E-state index contributed by atoms with van der Waals surface area (Å²) < 4.78 is 5.55. The standard InChI is InChI=1S/C10H21NO3/c1-9(2,11-13)6-8-14-10(3,4)5-7-12/h12H,5-8H2,1-4H3. The van der Waals surface area contributed by atoms with E-state index >= 15 is 0 Å². The van der Waals surface area contributed by atoms with Crippen molar-refractivity contribution in [2.24, 2.45) is 5.18 Å². The summed E-state index contributed by atoms with van der Waals surface area (Å²) in [5.74, 6) is 0. The highest BCUT2D eigenvalue weighted by Gasteiger charge is 2.22. The van der Waals surface area contributed by atoms with E-state index in [4.69, 9.17) is 9.84 Å². The van der Waals surface area contributed by atoms with Crippen LogP contribution in [0.1, 0.15) is 40.5 Å². The molecule has 0 atom stereocenters. The SMILES string of the molecule is CC(C)(CCOC(C)(C)CCO)N=O. The molecule has 0 fully saturated rings. The first kappa shape index (κ1) is 13.5. The topological polar surface area (TPSA) is 58.9 Å². The Morgan fingerprint density at radius 3 is 2.21 bits per heavy atom. The van der Waals surface area contributed by atoms with Gasteiger partial charge in [-0.1, -0.05) is 5.18 Å². The molecule has 0 aliphatic heterocycles. The van der Waals surface area contributed by atoms with Gasteiger partial charge >= 0.3 is 0 Å². The zero-order chi connectivity index (χ0) is 11.2. The van der Waals surface area contributed by atoms with Crippen molar-refractivity contribution in [2.75, 3.05) is 13.2 Å². The van der Waals surface area contributed by atoms with Crippen molar-refractivity contribution < 1.29 is 9.84 Å². The van der Waals surface area contributed by atoms with Crippen molar-refractivity contribution in [2.45, 2.75) is 51.7 Å². The minimum atomic E-state index is -0.560. The van der Waals surface area contributed by atoms with E-state index in [0.29, 0.717) is 19.4 Å². The lowest BCUT2D eigenvalue weighted by atomic mass is 10.0. The third kappa shape index (κ3) is 6.05. The Morgan fingerprint density at radius 1 is 1.21 bits per heavy atom. The van der Waals surface area contributed by atoms with E-state index in [-0.39, 0.29) is 12.2 Å². The van der Waals surface area contributed by atoms with Crippen LogP contribution in [0.4, 0.5) is 0 Å². The second kappa shape index (κ2) is 5.41. The summed E-state index contributed by atoms with van der Waals surface area (Å²) in [4.78, 5) is 10.4. The zero-order valence-corrected chi connectivity index (χ0v) is 9.54. The molecule has 0 aromatic rings. The number of hydrogen-bond acceptors (Lipinski definition) is 4. The highest BCUT2D eigenvalue weighted by Crippen LogP contribution is 2.18. The van der Waals surface area contributed by atoms with Crippen molar-refractivity contribution in [3.63, 3.8) is 0 Å². The number of rotatable bonds is 7. The molecular weight excluding hydrogens is 182 g/mol. The first-order valence-electron chi connectivity index (χ1n) is 4.92. The van der Waals surface area contributed by atoms with Crippen LogP contribution in [0, 0.1) is 4.91 Å². The molecule has 0 aliphatic rings. The minimum absolute atomic E-state index is 0.113. The van der Waals surface area contributed by atoms with E-state index in [2.05, 4.69) is 5.18 Å². The van der Waals surface area contributed by atoms with Crippen LogP contribution < -0.4 is 0 Å². The predicted molar refractivity (Wildman–Crippen MR) is 56.2 cm³/mol. The molecule has 84 valence electrons. The average molecular weight is 203 g/mol. The van der Waals surface area contributed by atoms with Gasteiger partial charge in [-0.2, -0.15) is 4.91 Å². The number of hydrogen-bond donors (Lipinski definition) is 1. The third-order valence-corrected chi connectivity index (χ3v) is 2.17. The average Bonchev–Trinajstić information content (AvgIpc) is 2.03. The Morgan fingerprint density at radius 2 is 1.79 bits per heavy atom. The lowest BCUT2D eigenvalue weighted by Crippen LogP contribution is -2.29. The van der Waals surface area contributed by atoms with Crippen molar-refractivity contribution in [1.82, 2.24) is 0 Å². The van der Waals surface area contributed by atoms with Crippen molar-refractivity contribution >= 4 is 0 Å². The Balaban J connectivity index is 3.78. The van der Waals surface area contributed by atoms with E-state index in [1.807, 2.05) is 13.8 Å². The molecule has 0 amide bonds. The van der Waals surface area contributed by atoms with E-state index in [1.165, 1.54) is 0 Å². The van der Waals surface area contributed by atoms with E-state index in [1.54, 1.807) is 13.8 Å². The molecule has 4 nitrogen and oxygen atoms in total. The zero-order valence-electron chi connectivity index (χ0n) is 9.54. The molecule has 0 rings (SSSR count). The van der Waals surface area contributed by atoms with Crippen molar-refractivity contribution in [3.05, 3.63) is 4.91 Å². The maximum Gasteiger partial charge on any atom is 0.0992 e. The summed E-state index contributed by atoms with van der Waals surface area (Å²) in [6.07, 6.45) is 1.20. The van der Waals surface area contributed by atoms with Gasteiger partial charge in [-0.3, -0.25) is 0 Å².